The molecule has 0 N–H and O–H groups in total. The number of carbonyl (C=O) groups is 1. The van der Waals surface area contributed by atoms with Crippen molar-refractivity contribution >= 4 is 6.29 Å². The molecule has 0 aliphatic carbocycles. The summed E-state index contributed by atoms with van der Waals surface area (Å²) in [4.78, 5) is 10.4. The third kappa shape index (κ3) is 6.21. The molecule has 17 heavy (non-hydrogen) atoms. The lowest BCUT2D eigenvalue weighted by molar-refractivity contribution is 0.0452. The number of hydrogen-bond donors (Lipinski definition) is 0. The Labute approximate surface area is 101 Å². The first-order valence-electron chi connectivity index (χ1n) is 5.55. The fraction of sp³-hybridized carbons (Fsp3) is 0.583. The quantitative estimate of drug-likeness (QED) is 0.461. The van der Waals surface area contributed by atoms with Gasteiger partial charge in [0, 0.05) is 20.3 Å². The van der Waals surface area contributed by atoms with E-state index in [1.165, 1.54) is 0 Å². The summed E-state index contributed by atoms with van der Waals surface area (Å²) in [5, 5.41) is 0. The molecule has 1 rings (SSSR count). The van der Waals surface area contributed by atoms with E-state index in [9.17, 15) is 4.79 Å². The van der Waals surface area contributed by atoms with Gasteiger partial charge in [-0.1, -0.05) is 0 Å². The molecule has 0 unspecified atom stereocenters. The molecule has 0 saturated heterocycles. The zero-order valence-corrected chi connectivity index (χ0v) is 10.0. The van der Waals surface area contributed by atoms with Crippen molar-refractivity contribution in [1.29, 1.82) is 0 Å². The van der Waals surface area contributed by atoms with E-state index in [0.717, 1.165) is 6.42 Å². The first-order chi connectivity index (χ1) is 8.36. The summed E-state index contributed by atoms with van der Waals surface area (Å²) in [5.74, 6) is 0.985. The van der Waals surface area contributed by atoms with Gasteiger partial charge in [-0.05, 0) is 18.6 Å². The summed E-state index contributed by atoms with van der Waals surface area (Å²) in [6.45, 7) is 2.86. The lowest BCUT2D eigenvalue weighted by atomic mass is 10.4. The van der Waals surface area contributed by atoms with Crippen molar-refractivity contribution in [1.82, 2.24) is 0 Å². The monoisotopic (exact) mass is 242 g/mol. The number of hydrogen-bond acceptors (Lipinski definition) is 5. The van der Waals surface area contributed by atoms with Gasteiger partial charge in [0.25, 0.3) is 0 Å². The number of carbonyl (C=O) groups excluding carboxylic acids is 1. The zero-order chi connectivity index (χ0) is 12.3. The Hall–Kier alpha value is -1.17. The van der Waals surface area contributed by atoms with Gasteiger partial charge in [-0.3, -0.25) is 4.79 Å². The van der Waals surface area contributed by atoms with Gasteiger partial charge in [0.15, 0.2) is 12.0 Å². The van der Waals surface area contributed by atoms with E-state index in [4.69, 9.17) is 18.6 Å². The largest absolute Gasteiger partial charge is 0.456 e. The van der Waals surface area contributed by atoms with E-state index in [1.54, 1.807) is 19.2 Å². The van der Waals surface area contributed by atoms with Crippen LogP contribution >= 0.6 is 0 Å². The molecule has 0 saturated carbocycles. The normalized spacial score (nSPS) is 10.6. The molecule has 0 bridgehead atoms. The first kappa shape index (κ1) is 13.9. The molecule has 1 aromatic rings. The van der Waals surface area contributed by atoms with Gasteiger partial charge in [-0.2, -0.15) is 0 Å². The molecule has 0 spiro atoms. The molecule has 0 aromatic carbocycles. The molecule has 0 radical (unpaired) electrons. The van der Waals surface area contributed by atoms with Crippen LogP contribution < -0.4 is 0 Å². The van der Waals surface area contributed by atoms with Crippen LogP contribution in [-0.4, -0.2) is 39.8 Å². The summed E-state index contributed by atoms with van der Waals surface area (Å²) in [6.07, 6.45) is 1.50. The highest BCUT2D eigenvalue weighted by atomic mass is 16.5. The highest BCUT2D eigenvalue weighted by molar-refractivity contribution is 5.70. The average molecular weight is 242 g/mol. The molecular formula is C12H18O5. The number of aldehydes is 1. The van der Waals surface area contributed by atoms with Crippen molar-refractivity contribution in [3.05, 3.63) is 23.7 Å². The van der Waals surface area contributed by atoms with E-state index >= 15 is 0 Å². The molecule has 0 aliphatic heterocycles. The van der Waals surface area contributed by atoms with Crippen LogP contribution in [0.2, 0.25) is 0 Å². The molecule has 96 valence electrons. The third-order valence-electron chi connectivity index (χ3n) is 2.05. The van der Waals surface area contributed by atoms with Crippen LogP contribution in [0.4, 0.5) is 0 Å². The highest BCUT2D eigenvalue weighted by Crippen LogP contribution is 2.06. The van der Waals surface area contributed by atoms with Crippen LogP contribution in [0.5, 0.6) is 0 Å². The lowest BCUT2D eigenvalue weighted by Gasteiger charge is -2.04. The van der Waals surface area contributed by atoms with Crippen molar-refractivity contribution in [2.24, 2.45) is 0 Å². The topological polar surface area (TPSA) is 57.9 Å². The fourth-order valence-electron chi connectivity index (χ4n) is 1.22. The molecule has 0 amide bonds. The van der Waals surface area contributed by atoms with Gasteiger partial charge < -0.3 is 18.6 Å². The summed E-state index contributed by atoms with van der Waals surface area (Å²) in [6, 6.07) is 3.36. The van der Waals surface area contributed by atoms with Gasteiger partial charge in [-0.15, -0.1) is 0 Å². The second kappa shape index (κ2) is 8.92. The molecule has 1 heterocycles. The maximum Gasteiger partial charge on any atom is 0.185 e. The van der Waals surface area contributed by atoms with Crippen LogP contribution in [0, 0.1) is 0 Å². The lowest BCUT2D eigenvalue weighted by Crippen LogP contribution is -2.05. The number of methoxy groups -OCH3 is 1. The second-order valence-corrected chi connectivity index (χ2v) is 3.43. The van der Waals surface area contributed by atoms with Crippen molar-refractivity contribution in [2.45, 2.75) is 13.0 Å². The molecule has 5 heteroatoms. The smallest absolute Gasteiger partial charge is 0.185 e. The molecule has 5 nitrogen and oxygen atoms in total. The average Bonchev–Trinajstić information content (AvgIpc) is 2.80. The minimum atomic E-state index is 0.325. The number of furan rings is 1. The Balaban J connectivity index is 1.95. The van der Waals surface area contributed by atoms with E-state index in [2.05, 4.69) is 0 Å². The Morgan fingerprint density at radius 2 is 2.00 bits per heavy atom. The summed E-state index contributed by atoms with van der Waals surface area (Å²) < 4.78 is 20.6. The van der Waals surface area contributed by atoms with E-state index < -0.39 is 0 Å². The molecule has 0 fully saturated rings. The fourth-order valence-corrected chi connectivity index (χ4v) is 1.22. The van der Waals surface area contributed by atoms with E-state index in [-0.39, 0.29) is 0 Å². The van der Waals surface area contributed by atoms with Crippen LogP contribution in [-0.2, 0) is 20.8 Å². The number of rotatable bonds is 10. The Bertz CT molecular complexity index is 308. The van der Waals surface area contributed by atoms with Gasteiger partial charge in [0.1, 0.15) is 12.4 Å². The molecule has 0 aliphatic rings. The summed E-state index contributed by atoms with van der Waals surface area (Å²) in [7, 11) is 1.64. The van der Waals surface area contributed by atoms with Gasteiger partial charge in [-0.25, -0.2) is 0 Å². The van der Waals surface area contributed by atoms with Gasteiger partial charge >= 0.3 is 0 Å². The minimum Gasteiger partial charge on any atom is -0.456 e. The van der Waals surface area contributed by atoms with Crippen molar-refractivity contribution in [2.75, 3.05) is 33.5 Å². The van der Waals surface area contributed by atoms with E-state index in [0.29, 0.717) is 50.8 Å². The second-order valence-electron chi connectivity index (χ2n) is 3.43. The van der Waals surface area contributed by atoms with Gasteiger partial charge in [0.05, 0.1) is 13.2 Å². The maximum atomic E-state index is 10.4. The predicted molar refractivity (Wildman–Crippen MR) is 61.1 cm³/mol. The molecular weight excluding hydrogens is 224 g/mol. The summed E-state index contributed by atoms with van der Waals surface area (Å²) >= 11 is 0. The zero-order valence-electron chi connectivity index (χ0n) is 10.0. The van der Waals surface area contributed by atoms with Crippen LogP contribution in [0.25, 0.3) is 0 Å². The molecule has 1 aromatic heterocycles. The minimum absolute atomic E-state index is 0.325. The number of ether oxygens (including phenoxy) is 3. The Kier molecular flexibility index (Phi) is 7.29. The Morgan fingerprint density at radius 3 is 2.71 bits per heavy atom. The summed E-state index contributed by atoms with van der Waals surface area (Å²) in [5.41, 5.74) is 0. The van der Waals surface area contributed by atoms with Crippen LogP contribution in [0.15, 0.2) is 16.5 Å². The predicted octanol–water partition coefficient (Wildman–Crippen LogP) is 1.66. The first-order valence-corrected chi connectivity index (χ1v) is 5.55. The van der Waals surface area contributed by atoms with Crippen LogP contribution in [0.3, 0.4) is 0 Å². The SMILES string of the molecule is COCCOCCCOCc1ccc(C=O)o1. The Morgan fingerprint density at radius 1 is 1.18 bits per heavy atom. The van der Waals surface area contributed by atoms with Crippen LogP contribution in [0.1, 0.15) is 22.7 Å². The van der Waals surface area contributed by atoms with E-state index in [1.807, 2.05) is 0 Å². The third-order valence-corrected chi connectivity index (χ3v) is 2.05. The highest BCUT2D eigenvalue weighted by Gasteiger charge is 2.00. The van der Waals surface area contributed by atoms with Gasteiger partial charge in [0.2, 0.25) is 0 Å². The standard InChI is InChI=1S/C12H18O5/c1-14-7-8-15-5-2-6-16-10-12-4-3-11(9-13)17-12/h3-4,9H,2,5-8,10H2,1H3. The molecule has 0 atom stereocenters. The van der Waals surface area contributed by atoms with Crippen molar-refractivity contribution in [3.8, 4) is 0 Å². The van der Waals surface area contributed by atoms with Crippen molar-refractivity contribution in [3.63, 3.8) is 0 Å². The van der Waals surface area contributed by atoms with Crippen molar-refractivity contribution < 1.29 is 23.4 Å². The maximum absolute atomic E-state index is 10.4.